The van der Waals surface area contributed by atoms with Gasteiger partial charge in [-0.1, -0.05) is 18.2 Å². The quantitative estimate of drug-likeness (QED) is 0.535. The summed E-state index contributed by atoms with van der Waals surface area (Å²) in [5.74, 6) is 1.40. The van der Waals surface area contributed by atoms with Crippen LogP contribution >= 0.6 is 15.9 Å². The van der Waals surface area contributed by atoms with Crippen molar-refractivity contribution in [1.29, 1.82) is 0 Å². The zero-order chi connectivity index (χ0) is 12.8. The minimum atomic E-state index is 0.652. The lowest BCUT2D eigenvalue weighted by Gasteiger charge is -1.90. The number of fused-ring (bicyclic) bond motifs is 2. The maximum absolute atomic E-state index is 5.80. The van der Waals surface area contributed by atoms with Gasteiger partial charge in [-0.2, -0.15) is 0 Å². The Labute approximate surface area is 116 Å². The molecule has 0 aliphatic carbocycles. The highest BCUT2D eigenvalue weighted by Gasteiger charge is 2.10. The molecule has 0 spiro atoms. The number of aromatic nitrogens is 3. The number of furan rings is 1. The van der Waals surface area contributed by atoms with E-state index in [-0.39, 0.29) is 0 Å². The Hall–Kier alpha value is -2.14. The van der Waals surface area contributed by atoms with E-state index in [0.717, 1.165) is 26.9 Å². The maximum atomic E-state index is 5.80. The predicted octanol–water partition coefficient (Wildman–Crippen LogP) is 3.91. The van der Waals surface area contributed by atoms with Gasteiger partial charge in [-0.3, -0.25) is 4.40 Å². The Morgan fingerprint density at radius 1 is 1.16 bits per heavy atom. The molecule has 0 atom stereocenters. The van der Waals surface area contributed by atoms with Crippen LogP contribution in [0.3, 0.4) is 0 Å². The first kappa shape index (κ1) is 10.8. The highest BCUT2D eigenvalue weighted by Crippen LogP contribution is 2.27. The predicted molar refractivity (Wildman–Crippen MR) is 75.9 cm³/mol. The van der Waals surface area contributed by atoms with Crippen LogP contribution in [0.25, 0.3) is 28.2 Å². The largest absolute Gasteiger partial charge is 0.454 e. The SMILES string of the molecule is Brc1cnc2nc(-c3cc4ccccc4o3)cn2c1. The molecule has 0 saturated carbocycles. The molecule has 0 aliphatic rings. The zero-order valence-corrected chi connectivity index (χ0v) is 11.3. The van der Waals surface area contributed by atoms with Crippen LogP contribution in [0.1, 0.15) is 0 Å². The molecule has 4 aromatic rings. The van der Waals surface area contributed by atoms with E-state index in [1.165, 1.54) is 0 Å². The Balaban J connectivity index is 1.93. The standard InChI is InChI=1S/C14H8BrN3O/c15-10-6-16-14-17-11(8-18(14)7-10)13-5-9-3-1-2-4-12(9)19-13/h1-8H. The molecule has 0 fully saturated rings. The Morgan fingerprint density at radius 2 is 2.05 bits per heavy atom. The summed E-state index contributed by atoms with van der Waals surface area (Å²) in [7, 11) is 0. The third-order valence-corrected chi connectivity index (χ3v) is 3.37. The molecule has 5 heteroatoms. The highest BCUT2D eigenvalue weighted by molar-refractivity contribution is 9.10. The number of imidazole rings is 1. The van der Waals surface area contributed by atoms with Gasteiger partial charge in [-0.05, 0) is 28.1 Å². The van der Waals surface area contributed by atoms with Crippen molar-refractivity contribution in [3.05, 3.63) is 53.4 Å². The van der Waals surface area contributed by atoms with Crippen LogP contribution in [-0.2, 0) is 0 Å². The van der Waals surface area contributed by atoms with Gasteiger partial charge >= 0.3 is 0 Å². The second-order valence-corrected chi connectivity index (χ2v) is 5.17. The minimum absolute atomic E-state index is 0.652. The van der Waals surface area contributed by atoms with E-state index in [0.29, 0.717) is 5.78 Å². The van der Waals surface area contributed by atoms with Crippen molar-refractivity contribution in [2.45, 2.75) is 0 Å². The summed E-state index contributed by atoms with van der Waals surface area (Å²) < 4.78 is 8.58. The number of rotatable bonds is 1. The molecule has 4 rings (SSSR count). The Bertz CT molecular complexity index is 861. The summed E-state index contributed by atoms with van der Waals surface area (Å²) in [6, 6.07) is 9.91. The van der Waals surface area contributed by atoms with Crippen molar-refractivity contribution < 1.29 is 4.42 Å². The van der Waals surface area contributed by atoms with Crippen LogP contribution in [0.15, 0.2) is 57.8 Å². The molecule has 3 aromatic heterocycles. The van der Waals surface area contributed by atoms with E-state index >= 15 is 0 Å². The summed E-state index contributed by atoms with van der Waals surface area (Å²) in [6.07, 6.45) is 5.55. The average molecular weight is 314 g/mol. The van der Waals surface area contributed by atoms with E-state index in [1.54, 1.807) is 6.20 Å². The fourth-order valence-corrected chi connectivity index (χ4v) is 2.41. The fourth-order valence-electron chi connectivity index (χ4n) is 2.09. The van der Waals surface area contributed by atoms with Crippen LogP contribution in [0.5, 0.6) is 0 Å². The first-order chi connectivity index (χ1) is 9.29. The summed E-state index contributed by atoms with van der Waals surface area (Å²) in [6.45, 7) is 0. The molecule has 92 valence electrons. The van der Waals surface area contributed by atoms with Gasteiger partial charge in [0.05, 0.1) is 4.47 Å². The smallest absolute Gasteiger partial charge is 0.234 e. The number of para-hydroxylation sites is 1. The van der Waals surface area contributed by atoms with Gasteiger partial charge in [-0.25, -0.2) is 9.97 Å². The minimum Gasteiger partial charge on any atom is -0.454 e. The van der Waals surface area contributed by atoms with Crippen molar-refractivity contribution in [1.82, 2.24) is 14.4 Å². The van der Waals surface area contributed by atoms with Crippen molar-refractivity contribution in [3.8, 4) is 11.5 Å². The Kier molecular flexibility index (Phi) is 2.22. The monoisotopic (exact) mass is 313 g/mol. The molecule has 19 heavy (non-hydrogen) atoms. The van der Waals surface area contributed by atoms with Gasteiger partial charge in [0.1, 0.15) is 11.3 Å². The summed E-state index contributed by atoms with van der Waals surface area (Å²) in [5.41, 5.74) is 1.64. The number of nitrogens with zero attached hydrogens (tertiary/aromatic N) is 3. The molecule has 0 amide bonds. The topological polar surface area (TPSA) is 43.3 Å². The maximum Gasteiger partial charge on any atom is 0.234 e. The van der Waals surface area contributed by atoms with Crippen LogP contribution in [0.4, 0.5) is 0 Å². The Morgan fingerprint density at radius 3 is 2.95 bits per heavy atom. The molecule has 0 radical (unpaired) electrons. The van der Waals surface area contributed by atoms with Gasteiger partial charge in [0.25, 0.3) is 0 Å². The first-order valence-electron chi connectivity index (χ1n) is 5.79. The van der Waals surface area contributed by atoms with Crippen molar-refractivity contribution in [3.63, 3.8) is 0 Å². The molecule has 0 N–H and O–H groups in total. The van der Waals surface area contributed by atoms with E-state index < -0.39 is 0 Å². The molecule has 0 aliphatic heterocycles. The summed E-state index contributed by atoms with van der Waals surface area (Å²) in [4.78, 5) is 8.70. The van der Waals surface area contributed by atoms with Gasteiger partial charge in [-0.15, -0.1) is 0 Å². The number of hydrogen-bond acceptors (Lipinski definition) is 3. The van der Waals surface area contributed by atoms with Crippen LogP contribution < -0.4 is 0 Å². The second kappa shape index (κ2) is 3.93. The highest BCUT2D eigenvalue weighted by atomic mass is 79.9. The van der Waals surface area contributed by atoms with Crippen LogP contribution in [0.2, 0.25) is 0 Å². The molecular formula is C14H8BrN3O. The zero-order valence-electron chi connectivity index (χ0n) is 9.75. The number of benzene rings is 1. The molecular weight excluding hydrogens is 306 g/mol. The summed E-state index contributed by atoms with van der Waals surface area (Å²) in [5, 5.41) is 1.07. The molecule has 0 saturated heterocycles. The first-order valence-corrected chi connectivity index (χ1v) is 6.58. The summed E-state index contributed by atoms with van der Waals surface area (Å²) >= 11 is 3.39. The molecule has 0 unspecified atom stereocenters. The molecule has 3 heterocycles. The van der Waals surface area contributed by atoms with E-state index in [9.17, 15) is 0 Å². The third-order valence-electron chi connectivity index (χ3n) is 2.96. The fraction of sp³-hybridized carbons (Fsp3) is 0. The van der Waals surface area contributed by atoms with Crippen molar-refractivity contribution in [2.24, 2.45) is 0 Å². The normalized spacial score (nSPS) is 11.4. The molecule has 4 nitrogen and oxygen atoms in total. The lowest BCUT2D eigenvalue weighted by Crippen LogP contribution is -1.85. The van der Waals surface area contributed by atoms with Gasteiger partial charge in [0.2, 0.25) is 5.78 Å². The second-order valence-electron chi connectivity index (χ2n) is 4.25. The van der Waals surface area contributed by atoms with Crippen molar-refractivity contribution >= 4 is 32.7 Å². The van der Waals surface area contributed by atoms with Gasteiger partial charge < -0.3 is 4.42 Å². The van der Waals surface area contributed by atoms with E-state index in [2.05, 4.69) is 25.9 Å². The van der Waals surface area contributed by atoms with E-state index in [1.807, 2.05) is 47.1 Å². The van der Waals surface area contributed by atoms with Gasteiger partial charge in [0.15, 0.2) is 5.76 Å². The molecule has 0 bridgehead atoms. The van der Waals surface area contributed by atoms with Crippen molar-refractivity contribution in [2.75, 3.05) is 0 Å². The lowest BCUT2D eigenvalue weighted by atomic mass is 10.2. The van der Waals surface area contributed by atoms with E-state index in [4.69, 9.17) is 4.42 Å². The van der Waals surface area contributed by atoms with Gasteiger partial charge in [0, 0.05) is 24.0 Å². The molecule has 1 aromatic carbocycles. The third kappa shape index (κ3) is 1.74. The number of hydrogen-bond donors (Lipinski definition) is 0. The average Bonchev–Trinajstić information content (AvgIpc) is 3.00. The van der Waals surface area contributed by atoms with Crippen LogP contribution in [0, 0.1) is 0 Å². The lowest BCUT2D eigenvalue weighted by molar-refractivity contribution is 0.629. The number of halogens is 1. The van der Waals surface area contributed by atoms with Crippen LogP contribution in [-0.4, -0.2) is 14.4 Å².